The fourth-order valence-corrected chi connectivity index (χ4v) is 2.46. The Morgan fingerprint density at radius 1 is 1.17 bits per heavy atom. The van der Waals surface area contributed by atoms with E-state index in [1.807, 2.05) is 23.8 Å². The van der Waals surface area contributed by atoms with Crippen molar-refractivity contribution in [1.82, 2.24) is 14.5 Å². The lowest BCUT2D eigenvalue weighted by atomic mass is 10.2. The van der Waals surface area contributed by atoms with Crippen LogP contribution in [0, 0.1) is 6.92 Å². The Morgan fingerprint density at radius 3 is 2.79 bits per heavy atom. The molecule has 7 nitrogen and oxygen atoms in total. The summed E-state index contributed by atoms with van der Waals surface area (Å²) in [6.45, 7) is 2.08. The molecule has 24 heavy (non-hydrogen) atoms. The number of imidazole rings is 1. The molecule has 1 N–H and O–H groups in total. The van der Waals surface area contributed by atoms with E-state index in [1.54, 1.807) is 36.7 Å². The van der Waals surface area contributed by atoms with Gasteiger partial charge in [0.1, 0.15) is 11.6 Å². The smallest absolute Gasteiger partial charge is 0.255 e. The highest BCUT2D eigenvalue weighted by molar-refractivity contribution is 6.04. The fraction of sp³-hybridized carbons (Fsp3) is 0.118. The van der Waals surface area contributed by atoms with Crippen molar-refractivity contribution in [3.63, 3.8) is 0 Å². The number of pyridine rings is 1. The average molecular weight is 322 g/mol. The molecule has 1 aliphatic rings. The van der Waals surface area contributed by atoms with Crippen LogP contribution in [0.25, 0.3) is 5.82 Å². The summed E-state index contributed by atoms with van der Waals surface area (Å²) < 4.78 is 12.4. The molecule has 0 atom stereocenters. The van der Waals surface area contributed by atoms with Gasteiger partial charge in [0.05, 0.1) is 11.9 Å². The fourth-order valence-electron chi connectivity index (χ4n) is 2.46. The van der Waals surface area contributed by atoms with Gasteiger partial charge < -0.3 is 14.8 Å². The summed E-state index contributed by atoms with van der Waals surface area (Å²) in [5, 5.41) is 2.81. The van der Waals surface area contributed by atoms with E-state index in [9.17, 15) is 4.79 Å². The first-order valence-corrected chi connectivity index (χ1v) is 7.38. The van der Waals surface area contributed by atoms with Crippen LogP contribution in [0.3, 0.4) is 0 Å². The highest BCUT2D eigenvalue weighted by atomic mass is 16.7. The van der Waals surface area contributed by atoms with Crippen molar-refractivity contribution in [2.45, 2.75) is 6.92 Å². The summed E-state index contributed by atoms with van der Waals surface area (Å²) in [5.74, 6) is 2.58. The van der Waals surface area contributed by atoms with Crippen LogP contribution in [0.1, 0.15) is 16.2 Å². The van der Waals surface area contributed by atoms with Crippen LogP contribution in [0.2, 0.25) is 0 Å². The number of rotatable bonds is 3. The Balaban J connectivity index is 1.51. The molecule has 1 aliphatic heterocycles. The SMILES string of the molecule is Cc1nccn1-c1ccc(NC(=O)c2ccc3c(c2)OCO3)cn1. The van der Waals surface area contributed by atoms with Gasteiger partial charge in [0.2, 0.25) is 6.79 Å². The minimum atomic E-state index is -0.235. The number of ether oxygens (including phenoxy) is 2. The molecule has 0 bridgehead atoms. The second-order valence-corrected chi connectivity index (χ2v) is 5.27. The van der Waals surface area contributed by atoms with E-state index < -0.39 is 0 Å². The molecule has 7 heteroatoms. The van der Waals surface area contributed by atoms with E-state index in [2.05, 4.69) is 15.3 Å². The van der Waals surface area contributed by atoms with Crippen LogP contribution in [-0.2, 0) is 0 Å². The molecule has 0 saturated heterocycles. The number of fused-ring (bicyclic) bond motifs is 1. The summed E-state index contributed by atoms with van der Waals surface area (Å²) in [4.78, 5) is 20.8. The second kappa shape index (κ2) is 5.69. The number of carbonyl (C=O) groups excluding carboxylic acids is 1. The first kappa shape index (κ1) is 14.3. The highest BCUT2D eigenvalue weighted by Gasteiger charge is 2.16. The molecule has 2 aromatic heterocycles. The monoisotopic (exact) mass is 322 g/mol. The van der Waals surface area contributed by atoms with Crippen molar-refractivity contribution in [2.24, 2.45) is 0 Å². The van der Waals surface area contributed by atoms with E-state index in [0.717, 1.165) is 11.6 Å². The molecule has 4 rings (SSSR count). The van der Waals surface area contributed by atoms with Gasteiger partial charge in [-0.3, -0.25) is 9.36 Å². The van der Waals surface area contributed by atoms with Crippen molar-refractivity contribution in [2.75, 3.05) is 12.1 Å². The molecule has 0 aliphatic carbocycles. The van der Waals surface area contributed by atoms with Gasteiger partial charge in [0.25, 0.3) is 5.91 Å². The first-order chi connectivity index (χ1) is 11.7. The number of hydrogen-bond acceptors (Lipinski definition) is 5. The van der Waals surface area contributed by atoms with Crippen LogP contribution in [0.15, 0.2) is 48.9 Å². The number of aromatic nitrogens is 3. The number of anilines is 1. The summed E-state index contributed by atoms with van der Waals surface area (Å²) in [7, 11) is 0. The molecule has 0 fully saturated rings. The topological polar surface area (TPSA) is 78.3 Å². The molecule has 0 spiro atoms. The van der Waals surface area contributed by atoms with Crippen LogP contribution in [0.5, 0.6) is 11.5 Å². The van der Waals surface area contributed by atoms with Crippen molar-refractivity contribution in [3.05, 3.63) is 60.3 Å². The van der Waals surface area contributed by atoms with Crippen molar-refractivity contribution in [1.29, 1.82) is 0 Å². The van der Waals surface area contributed by atoms with Gasteiger partial charge in [-0.1, -0.05) is 0 Å². The van der Waals surface area contributed by atoms with E-state index in [1.165, 1.54) is 0 Å². The van der Waals surface area contributed by atoms with Crippen molar-refractivity contribution < 1.29 is 14.3 Å². The molecule has 1 amide bonds. The molecule has 0 radical (unpaired) electrons. The minimum absolute atomic E-state index is 0.180. The van der Waals surface area contributed by atoms with Crippen LogP contribution in [-0.4, -0.2) is 27.2 Å². The number of hydrogen-bond donors (Lipinski definition) is 1. The Kier molecular flexibility index (Phi) is 3.38. The third-order valence-electron chi connectivity index (χ3n) is 3.71. The molecule has 3 aromatic rings. The zero-order valence-corrected chi connectivity index (χ0v) is 12.9. The summed E-state index contributed by atoms with van der Waals surface area (Å²) in [5.41, 5.74) is 1.10. The number of aryl methyl sites for hydroxylation is 1. The lowest BCUT2D eigenvalue weighted by Gasteiger charge is -2.08. The largest absolute Gasteiger partial charge is 0.454 e. The quantitative estimate of drug-likeness (QED) is 0.802. The predicted molar refractivity (Wildman–Crippen MR) is 86.6 cm³/mol. The Labute approximate surface area is 137 Å². The lowest BCUT2D eigenvalue weighted by molar-refractivity contribution is 0.102. The second-order valence-electron chi connectivity index (χ2n) is 5.27. The maximum atomic E-state index is 12.3. The minimum Gasteiger partial charge on any atom is -0.454 e. The summed E-state index contributed by atoms with van der Waals surface area (Å²) in [6, 6.07) is 8.70. The Morgan fingerprint density at radius 2 is 2.04 bits per heavy atom. The number of nitrogens with one attached hydrogen (secondary N) is 1. The lowest BCUT2D eigenvalue weighted by Crippen LogP contribution is -2.12. The van der Waals surface area contributed by atoms with Gasteiger partial charge >= 0.3 is 0 Å². The highest BCUT2D eigenvalue weighted by Crippen LogP contribution is 2.32. The number of amides is 1. The normalized spacial score (nSPS) is 12.2. The third kappa shape index (κ3) is 2.56. The van der Waals surface area contributed by atoms with Gasteiger partial charge in [-0.2, -0.15) is 0 Å². The average Bonchev–Trinajstić information content (AvgIpc) is 3.23. The number of benzene rings is 1. The van der Waals surface area contributed by atoms with Crippen LogP contribution >= 0.6 is 0 Å². The molecule has 1 aromatic carbocycles. The zero-order chi connectivity index (χ0) is 16.5. The van der Waals surface area contributed by atoms with Gasteiger partial charge in [0, 0.05) is 18.0 Å². The molecular weight excluding hydrogens is 308 g/mol. The van der Waals surface area contributed by atoms with E-state index in [0.29, 0.717) is 22.7 Å². The van der Waals surface area contributed by atoms with Crippen LogP contribution < -0.4 is 14.8 Å². The maximum absolute atomic E-state index is 12.3. The van der Waals surface area contributed by atoms with Crippen molar-refractivity contribution >= 4 is 11.6 Å². The Hall–Kier alpha value is -3.35. The van der Waals surface area contributed by atoms with Gasteiger partial charge in [-0.15, -0.1) is 0 Å². The van der Waals surface area contributed by atoms with Gasteiger partial charge in [0.15, 0.2) is 11.5 Å². The molecule has 0 unspecified atom stereocenters. The van der Waals surface area contributed by atoms with E-state index >= 15 is 0 Å². The number of carbonyl (C=O) groups is 1. The Bertz CT molecular complexity index is 902. The summed E-state index contributed by atoms with van der Waals surface area (Å²) in [6.07, 6.45) is 5.16. The maximum Gasteiger partial charge on any atom is 0.255 e. The molecule has 3 heterocycles. The standard InChI is InChI=1S/C17H14N4O3/c1-11-18-6-7-21(11)16-5-3-13(9-19-16)20-17(22)12-2-4-14-15(8-12)24-10-23-14/h2-9H,10H2,1H3,(H,20,22). The van der Waals surface area contributed by atoms with Crippen molar-refractivity contribution in [3.8, 4) is 17.3 Å². The first-order valence-electron chi connectivity index (χ1n) is 7.38. The van der Waals surface area contributed by atoms with E-state index in [4.69, 9.17) is 9.47 Å². The zero-order valence-electron chi connectivity index (χ0n) is 12.9. The van der Waals surface area contributed by atoms with Gasteiger partial charge in [-0.25, -0.2) is 9.97 Å². The van der Waals surface area contributed by atoms with E-state index in [-0.39, 0.29) is 12.7 Å². The molecule has 0 saturated carbocycles. The summed E-state index contributed by atoms with van der Waals surface area (Å²) >= 11 is 0. The number of nitrogens with zero attached hydrogens (tertiary/aromatic N) is 3. The van der Waals surface area contributed by atoms with Crippen LogP contribution in [0.4, 0.5) is 5.69 Å². The molecular formula is C17H14N4O3. The van der Waals surface area contributed by atoms with Gasteiger partial charge in [-0.05, 0) is 37.3 Å². The molecule has 120 valence electrons. The predicted octanol–water partition coefficient (Wildman–Crippen LogP) is 2.56. The third-order valence-corrected chi connectivity index (χ3v) is 3.71.